The lowest BCUT2D eigenvalue weighted by atomic mass is 10.2. The van der Waals surface area contributed by atoms with Crippen LogP contribution in [-0.4, -0.2) is 49.8 Å². The van der Waals surface area contributed by atoms with Crippen molar-refractivity contribution in [2.45, 2.75) is 57.2 Å². The SMILES string of the molecule is CCCNC1CCN(C2CCCC2OC)C1. The largest absolute Gasteiger partial charge is 0.380 e. The first-order valence-electron chi connectivity index (χ1n) is 6.85. The van der Waals surface area contributed by atoms with Gasteiger partial charge in [-0.25, -0.2) is 0 Å². The van der Waals surface area contributed by atoms with E-state index in [-0.39, 0.29) is 0 Å². The second-order valence-corrected chi connectivity index (χ2v) is 5.21. The molecular weight excluding hydrogens is 200 g/mol. The van der Waals surface area contributed by atoms with E-state index in [1.54, 1.807) is 0 Å². The first-order chi connectivity index (χ1) is 7.85. The predicted octanol–water partition coefficient (Wildman–Crippen LogP) is 1.63. The Kier molecular flexibility index (Phi) is 4.62. The van der Waals surface area contributed by atoms with Crippen molar-refractivity contribution >= 4 is 0 Å². The van der Waals surface area contributed by atoms with Gasteiger partial charge < -0.3 is 10.1 Å². The van der Waals surface area contributed by atoms with Gasteiger partial charge in [0.15, 0.2) is 0 Å². The van der Waals surface area contributed by atoms with Crippen molar-refractivity contribution < 1.29 is 4.74 Å². The van der Waals surface area contributed by atoms with E-state index in [4.69, 9.17) is 4.74 Å². The molecule has 2 fully saturated rings. The van der Waals surface area contributed by atoms with Crippen LogP contribution in [-0.2, 0) is 4.74 Å². The molecule has 1 aliphatic heterocycles. The van der Waals surface area contributed by atoms with Crippen LogP contribution in [0, 0.1) is 0 Å². The molecule has 0 spiro atoms. The Morgan fingerprint density at radius 1 is 1.31 bits per heavy atom. The van der Waals surface area contributed by atoms with Gasteiger partial charge in [-0.3, -0.25) is 4.90 Å². The number of rotatable bonds is 5. The topological polar surface area (TPSA) is 24.5 Å². The van der Waals surface area contributed by atoms with E-state index in [0.29, 0.717) is 12.1 Å². The van der Waals surface area contributed by atoms with E-state index in [0.717, 1.165) is 12.6 Å². The molecule has 0 amide bonds. The van der Waals surface area contributed by atoms with Crippen LogP contribution in [0.15, 0.2) is 0 Å². The Morgan fingerprint density at radius 3 is 2.94 bits per heavy atom. The van der Waals surface area contributed by atoms with Gasteiger partial charge in [-0.1, -0.05) is 6.92 Å². The maximum Gasteiger partial charge on any atom is 0.0726 e. The molecule has 0 aromatic rings. The van der Waals surface area contributed by atoms with E-state index in [2.05, 4.69) is 17.1 Å². The molecular formula is C13H26N2O. The molecule has 3 nitrogen and oxygen atoms in total. The van der Waals surface area contributed by atoms with Gasteiger partial charge in [-0.15, -0.1) is 0 Å². The smallest absolute Gasteiger partial charge is 0.0726 e. The lowest BCUT2D eigenvalue weighted by Gasteiger charge is -2.28. The monoisotopic (exact) mass is 226 g/mol. The molecule has 0 aromatic heterocycles. The van der Waals surface area contributed by atoms with Crippen molar-refractivity contribution in [2.75, 3.05) is 26.7 Å². The minimum Gasteiger partial charge on any atom is -0.380 e. The van der Waals surface area contributed by atoms with Crippen molar-refractivity contribution in [1.29, 1.82) is 0 Å². The molecule has 1 aliphatic carbocycles. The summed E-state index contributed by atoms with van der Waals surface area (Å²) in [6, 6.07) is 1.41. The zero-order valence-electron chi connectivity index (χ0n) is 10.7. The molecule has 3 unspecified atom stereocenters. The third kappa shape index (κ3) is 2.76. The van der Waals surface area contributed by atoms with Crippen molar-refractivity contribution in [2.24, 2.45) is 0 Å². The second kappa shape index (κ2) is 5.99. The van der Waals surface area contributed by atoms with Crippen LogP contribution >= 0.6 is 0 Å². The second-order valence-electron chi connectivity index (χ2n) is 5.21. The summed E-state index contributed by atoms with van der Waals surface area (Å²) in [7, 11) is 1.87. The number of hydrogen-bond acceptors (Lipinski definition) is 3. The summed E-state index contributed by atoms with van der Waals surface area (Å²) in [5.74, 6) is 0. The highest BCUT2D eigenvalue weighted by Gasteiger charge is 2.35. The number of likely N-dealkylation sites (tertiary alicyclic amines) is 1. The van der Waals surface area contributed by atoms with Crippen molar-refractivity contribution in [3.63, 3.8) is 0 Å². The van der Waals surface area contributed by atoms with Crippen LogP contribution in [0.2, 0.25) is 0 Å². The molecule has 0 aromatic carbocycles. The first-order valence-corrected chi connectivity index (χ1v) is 6.85. The van der Waals surface area contributed by atoms with Gasteiger partial charge >= 0.3 is 0 Å². The van der Waals surface area contributed by atoms with E-state index < -0.39 is 0 Å². The molecule has 1 saturated heterocycles. The summed E-state index contributed by atoms with van der Waals surface area (Å²) in [6.45, 7) is 5.88. The van der Waals surface area contributed by atoms with Gasteiger partial charge in [0, 0.05) is 32.3 Å². The molecule has 1 saturated carbocycles. The van der Waals surface area contributed by atoms with Crippen molar-refractivity contribution in [3.8, 4) is 0 Å². The molecule has 0 bridgehead atoms. The quantitative estimate of drug-likeness (QED) is 0.771. The third-order valence-electron chi connectivity index (χ3n) is 4.09. The van der Waals surface area contributed by atoms with Crippen LogP contribution in [0.5, 0.6) is 0 Å². The fourth-order valence-electron chi connectivity index (χ4n) is 3.20. The van der Waals surface area contributed by atoms with Gasteiger partial charge in [0.2, 0.25) is 0 Å². The van der Waals surface area contributed by atoms with Gasteiger partial charge in [0.25, 0.3) is 0 Å². The Labute approximate surface area is 99.5 Å². The number of hydrogen-bond donors (Lipinski definition) is 1. The lowest BCUT2D eigenvalue weighted by molar-refractivity contribution is 0.0415. The summed E-state index contributed by atoms with van der Waals surface area (Å²) in [5.41, 5.74) is 0. The minimum absolute atomic E-state index is 0.491. The number of nitrogens with zero attached hydrogens (tertiary/aromatic N) is 1. The highest BCUT2D eigenvalue weighted by molar-refractivity contribution is 4.92. The van der Waals surface area contributed by atoms with Crippen LogP contribution in [0.4, 0.5) is 0 Å². The van der Waals surface area contributed by atoms with Gasteiger partial charge in [-0.05, 0) is 38.6 Å². The first kappa shape index (κ1) is 12.3. The zero-order chi connectivity index (χ0) is 11.4. The summed E-state index contributed by atoms with van der Waals surface area (Å²) in [5, 5.41) is 3.64. The maximum absolute atomic E-state index is 5.59. The minimum atomic E-state index is 0.491. The van der Waals surface area contributed by atoms with Crippen LogP contribution in [0.25, 0.3) is 0 Å². The molecule has 3 heteroatoms. The average molecular weight is 226 g/mol. The lowest BCUT2D eigenvalue weighted by Crippen LogP contribution is -2.42. The molecule has 0 radical (unpaired) electrons. The van der Waals surface area contributed by atoms with Crippen LogP contribution in [0.3, 0.4) is 0 Å². The van der Waals surface area contributed by atoms with E-state index >= 15 is 0 Å². The summed E-state index contributed by atoms with van der Waals surface area (Å²) in [4.78, 5) is 2.65. The fraction of sp³-hybridized carbons (Fsp3) is 1.00. The fourth-order valence-corrected chi connectivity index (χ4v) is 3.20. The van der Waals surface area contributed by atoms with E-state index in [9.17, 15) is 0 Å². The predicted molar refractivity (Wildman–Crippen MR) is 66.7 cm³/mol. The molecule has 3 atom stereocenters. The molecule has 2 aliphatic rings. The molecule has 1 heterocycles. The Bertz CT molecular complexity index is 210. The van der Waals surface area contributed by atoms with Gasteiger partial charge in [0.1, 0.15) is 0 Å². The van der Waals surface area contributed by atoms with E-state index in [1.165, 1.54) is 45.2 Å². The number of nitrogens with one attached hydrogen (secondary N) is 1. The van der Waals surface area contributed by atoms with Crippen molar-refractivity contribution in [1.82, 2.24) is 10.2 Å². The standard InChI is InChI=1S/C13H26N2O/c1-3-8-14-11-7-9-15(10-11)12-5-4-6-13(12)16-2/h11-14H,3-10H2,1-2H3. The normalized spacial score (nSPS) is 36.0. The highest BCUT2D eigenvalue weighted by Crippen LogP contribution is 2.28. The number of ether oxygens (including phenoxy) is 1. The summed E-state index contributed by atoms with van der Waals surface area (Å²) in [6.07, 6.45) is 6.97. The summed E-state index contributed by atoms with van der Waals surface area (Å²) >= 11 is 0. The molecule has 2 rings (SSSR count). The highest BCUT2D eigenvalue weighted by atomic mass is 16.5. The number of methoxy groups -OCH3 is 1. The zero-order valence-corrected chi connectivity index (χ0v) is 10.7. The van der Waals surface area contributed by atoms with E-state index in [1.807, 2.05) is 7.11 Å². The van der Waals surface area contributed by atoms with Gasteiger partial charge in [-0.2, -0.15) is 0 Å². The Balaban J connectivity index is 1.79. The molecule has 16 heavy (non-hydrogen) atoms. The maximum atomic E-state index is 5.59. The van der Waals surface area contributed by atoms with Crippen molar-refractivity contribution in [3.05, 3.63) is 0 Å². The average Bonchev–Trinajstić information content (AvgIpc) is 2.94. The van der Waals surface area contributed by atoms with Crippen LogP contribution < -0.4 is 5.32 Å². The molecule has 94 valence electrons. The van der Waals surface area contributed by atoms with Crippen LogP contribution in [0.1, 0.15) is 39.0 Å². The summed E-state index contributed by atoms with van der Waals surface area (Å²) < 4.78 is 5.59. The Morgan fingerprint density at radius 2 is 2.19 bits per heavy atom. The Hall–Kier alpha value is -0.120. The molecule has 1 N–H and O–H groups in total. The third-order valence-corrected chi connectivity index (χ3v) is 4.09. The van der Waals surface area contributed by atoms with Gasteiger partial charge in [0.05, 0.1) is 6.10 Å².